The Bertz CT molecular complexity index is 1000. The fourth-order valence-corrected chi connectivity index (χ4v) is 3.27. The molecule has 6 heteroatoms. The average Bonchev–Trinajstić information content (AvgIpc) is 2.78. The quantitative estimate of drug-likeness (QED) is 0.396. The summed E-state index contributed by atoms with van der Waals surface area (Å²) in [6.07, 6.45) is 3.27. The van der Waals surface area contributed by atoms with Crippen molar-refractivity contribution in [3.8, 4) is 5.75 Å². The van der Waals surface area contributed by atoms with E-state index in [4.69, 9.17) is 4.74 Å². The Morgan fingerprint density at radius 1 is 0.867 bits per heavy atom. The van der Waals surface area contributed by atoms with Crippen LogP contribution in [0.3, 0.4) is 0 Å². The first-order valence-corrected chi connectivity index (χ1v) is 10.3. The molecule has 3 rings (SSSR count). The number of carbonyl (C=O) groups excluding carboxylic acids is 2. The molecule has 2 amide bonds. The van der Waals surface area contributed by atoms with E-state index in [2.05, 4.69) is 10.6 Å². The summed E-state index contributed by atoms with van der Waals surface area (Å²) in [7, 11) is 1.60. The largest absolute Gasteiger partial charge is 0.497 e. The van der Waals surface area contributed by atoms with Crippen molar-refractivity contribution in [3.63, 3.8) is 0 Å². The van der Waals surface area contributed by atoms with E-state index >= 15 is 0 Å². The number of nitrogens with one attached hydrogen (secondary N) is 2. The summed E-state index contributed by atoms with van der Waals surface area (Å²) in [6.45, 7) is 0. The van der Waals surface area contributed by atoms with Crippen molar-refractivity contribution < 1.29 is 14.3 Å². The summed E-state index contributed by atoms with van der Waals surface area (Å²) in [5, 5.41) is 5.67. The van der Waals surface area contributed by atoms with Crippen molar-refractivity contribution in [2.45, 2.75) is 4.90 Å². The molecule has 0 aromatic heterocycles. The number of ether oxygens (including phenoxy) is 1. The fourth-order valence-electron chi connectivity index (χ4n) is 2.57. The van der Waals surface area contributed by atoms with E-state index in [-0.39, 0.29) is 17.6 Å². The van der Waals surface area contributed by atoms with Gasteiger partial charge in [0.2, 0.25) is 11.8 Å². The number of rotatable bonds is 8. The van der Waals surface area contributed by atoms with Crippen molar-refractivity contribution in [1.82, 2.24) is 0 Å². The third-order valence-corrected chi connectivity index (χ3v) is 5.10. The number of methoxy groups -OCH3 is 1. The minimum atomic E-state index is -0.196. The van der Waals surface area contributed by atoms with Gasteiger partial charge in [0.1, 0.15) is 5.75 Å². The Hall–Kier alpha value is -3.51. The van der Waals surface area contributed by atoms with Crippen molar-refractivity contribution in [2.75, 3.05) is 23.5 Å². The molecule has 0 unspecified atom stereocenters. The van der Waals surface area contributed by atoms with Gasteiger partial charge in [0.25, 0.3) is 0 Å². The molecule has 30 heavy (non-hydrogen) atoms. The van der Waals surface area contributed by atoms with Gasteiger partial charge in [-0.05, 0) is 60.2 Å². The molecule has 0 radical (unpaired) electrons. The molecule has 3 aromatic carbocycles. The Morgan fingerprint density at radius 2 is 1.50 bits per heavy atom. The second kappa shape index (κ2) is 10.9. The average molecular weight is 419 g/mol. The molecule has 5 nitrogen and oxygen atoms in total. The maximum atomic E-state index is 12.1. The molecule has 152 valence electrons. The van der Waals surface area contributed by atoms with Gasteiger partial charge in [0.15, 0.2) is 0 Å². The van der Waals surface area contributed by atoms with E-state index < -0.39 is 0 Å². The maximum absolute atomic E-state index is 12.1. The molecule has 0 bridgehead atoms. The van der Waals surface area contributed by atoms with Crippen LogP contribution >= 0.6 is 11.8 Å². The van der Waals surface area contributed by atoms with Crippen LogP contribution in [0.2, 0.25) is 0 Å². The van der Waals surface area contributed by atoms with Crippen molar-refractivity contribution in [1.29, 1.82) is 0 Å². The number of carbonyl (C=O) groups is 2. The van der Waals surface area contributed by atoms with Gasteiger partial charge < -0.3 is 15.4 Å². The summed E-state index contributed by atoms with van der Waals surface area (Å²) < 4.78 is 5.10. The molecular weight excluding hydrogens is 396 g/mol. The molecule has 0 saturated carbocycles. The molecular formula is C24H22N2O3S. The van der Waals surface area contributed by atoms with E-state index in [1.807, 2.05) is 54.6 Å². The van der Waals surface area contributed by atoms with Gasteiger partial charge in [0.05, 0.1) is 12.9 Å². The second-order valence-electron chi connectivity index (χ2n) is 6.32. The predicted molar refractivity (Wildman–Crippen MR) is 123 cm³/mol. The van der Waals surface area contributed by atoms with E-state index in [0.717, 1.165) is 21.9 Å². The first-order valence-electron chi connectivity index (χ1n) is 9.33. The third-order valence-electron chi connectivity index (χ3n) is 4.09. The topological polar surface area (TPSA) is 67.4 Å². The Labute approximate surface area is 180 Å². The number of hydrogen-bond acceptors (Lipinski definition) is 4. The zero-order chi connectivity index (χ0) is 21.2. The van der Waals surface area contributed by atoms with Gasteiger partial charge in [-0.1, -0.05) is 30.3 Å². The molecule has 0 atom stereocenters. The van der Waals surface area contributed by atoms with E-state index in [0.29, 0.717) is 5.69 Å². The normalized spacial score (nSPS) is 10.6. The number of anilines is 2. The van der Waals surface area contributed by atoms with Gasteiger partial charge in [-0.25, -0.2) is 0 Å². The smallest absolute Gasteiger partial charge is 0.248 e. The monoisotopic (exact) mass is 418 g/mol. The fraction of sp³-hybridized carbons (Fsp3) is 0.0833. The highest BCUT2D eigenvalue weighted by molar-refractivity contribution is 8.00. The van der Waals surface area contributed by atoms with Crippen molar-refractivity contribution >= 4 is 41.0 Å². The number of hydrogen-bond donors (Lipinski definition) is 2. The standard InChI is InChI=1S/C24H22N2O3S/c1-29-21-12-8-19(9-13-21)26-24(28)17-30-22-14-10-20(11-15-22)25-23(27)16-7-18-5-3-2-4-6-18/h2-16H,17H2,1H3,(H,25,27)(H,26,28)/b16-7+. The Balaban J connectivity index is 1.45. The van der Waals surface area contributed by atoms with Gasteiger partial charge in [-0.3, -0.25) is 9.59 Å². The molecule has 0 spiro atoms. The predicted octanol–water partition coefficient (Wildman–Crippen LogP) is 5.08. The third kappa shape index (κ3) is 6.83. The van der Waals surface area contributed by atoms with E-state index in [1.54, 1.807) is 37.5 Å². The highest BCUT2D eigenvalue weighted by Crippen LogP contribution is 2.21. The van der Waals surface area contributed by atoms with Crippen LogP contribution in [0.4, 0.5) is 11.4 Å². The minimum Gasteiger partial charge on any atom is -0.497 e. The summed E-state index contributed by atoms with van der Waals surface area (Å²) in [4.78, 5) is 25.1. The van der Waals surface area contributed by atoms with E-state index in [1.165, 1.54) is 17.8 Å². The van der Waals surface area contributed by atoms with E-state index in [9.17, 15) is 9.59 Å². The number of thioether (sulfide) groups is 1. The molecule has 0 saturated heterocycles. The number of amides is 2. The van der Waals surface area contributed by atoms with Crippen LogP contribution in [0.1, 0.15) is 5.56 Å². The highest BCUT2D eigenvalue weighted by Gasteiger charge is 2.05. The molecule has 3 aromatic rings. The zero-order valence-electron chi connectivity index (χ0n) is 16.5. The lowest BCUT2D eigenvalue weighted by Gasteiger charge is -2.07. The Kier molecular flexibility index (Phi) is 7.69. The van der Waals surface area contributed by atoms with Gasteiger partial charge >= 0.3 is 0 Å². The highest BCUT2D eigenvalue weighted by atomic mass is 32.2. The molecule has 0 aliphatic carbocycles. The van der Waals surface area contributed by atoms with Gasteiger partial charge in [-0.2, -0.15) is 0 Å². The first-order chi connectivity index (χ1) is 14.6. The molecule has 0 aliphatic rings. The molecule has 0 aliphatic heterocycles. The first kappa shape index (κ1) is 21.2. The summed E-state index contributed by atoms with van der Waals surface area (Å²) in [5.41, 5.74) is 2.39. The van der Waals surface area contributed by atoms with Crippen LogP contribution in [-0.2, 0) is 9.59 Å². The summed E-state index contributed by atoms with van der Waals surface area (Å²) in [6, 6.07) is 24.2. The van der Waals surface area contributed by atoms with Crippen LogP contribution in [0.25, 0.3) is 6.08 Å². The second-order valence-corrected chi connectivity index (χ2v) is 7.37. The molecule has 0 fully saturated rings. The summed E-state index contributed by atoms with van der Waals surface area (Å²) >= 11 is 1.43. The van der Waals surface area contributed by atoms with Gasteiger partial charge in [0, 0.05) is 22.3 Å². The zero-order valence-corrected chi connectivity index (χ0v) is 17.3. The van der Waals surface area contributed by atoms with Crippen LogP contribution < -0.4 is 15.4 Å². The molecule has 0 heterocycles. The van der Waals surface area contributed by atoms with Crippen LogP contribution in [-0.4, -0.2) is 24.7 Å². The van der Waals surface area contributed by atoms with Gasteiger partial charge in [-0.15, -0.1) is 11.8 Å². The minimum absolute atomic E-state index is 0.0893. The van der Waals surface area contributed by atoms with Crippen molar-refractivity contribution in [3.05, 3.63) is 90.5 Å². The van der Waals surface area contributed by atoms with Crippen LogP contribution in [0, 0.1) is 0 Å². The number of benzene rings is 3. The van der Waals surface area contributed by atoms with Crippen LogP contribution in [0.15, 0.2) is 89.8 Å². The van der Waals surface area contributed by atoms with Crippen LogP contribution in [0.5, 0.6) is 5.75 Å². The SMILES string of the molecule is COc1ccc(NC(=O)CSc2ccc(NC(=O)/C=C/c3ccccc3)cc2)cc1. The molecule has 2 N–H and O–H groups in total. The lowest BCUT2D eigenvalue weighted by molar-refractivity contribution is -0.114. The maximum Gasteiger partial charge on any atom is 0.248 e. The lowest BCUT2D eigenvalue weighted by atomic mass is 10.2. The Morgan fingerprint density at radius 3 is 2.17 bits per heavy atom. The summed E-state index contributed by atoms with van der Waals surface area (Å²) in [5.74, 6) is 0.745. The van der Waals surface area contributed by atoms with Crippen molar-refractivity contribution in [2.24, 2.45) is 0 Å². The lowest BCUT2D eigenvalue weighted by Crippen LogP contribution is -2.13.